The Morgan fingerprint density at radius 2 is 1.75 bits per heavy atom. The van der Waals surface area contributed by atoms with Crippen molar-refractivity contribution < 1.29 is 19.0 Å². The maximum Gasteiger partial charge on any atom is 0.337 e. The van der Waals surface area contributed by atoms with Gasteiger partial charge in [-0.15, -0.1) is 0 Å². The molecule has 162 valence electrons. The molecule has 6 heteroatoms. The molecule has 0 unspecified atom stereocenters. The normalized spacial score (nSPS) is 10.9. The lowest BCUT2D eigenvalue weighted by Gasteiger charge is -2.17. The number of rotatable bonds is 6. The second kappa shape index (κ2) is 8.89. The lowest BCUT2D eigenvalue weighted by molar-refractivity contribution is 0.0697. The van der Waals surface area contributed by atoms with Gasteiger partial charge in [-0.2, -0.15) is 0 Å². The van der Waals surface area contributed by atoms with E-state index in [-0.39, 0.29) is 16.4 Å². The second-order valence-corrected chi connectivity index (χ2v) is 7.99. The van der Waals surface area contributed by atoms with Crippen molar-refractivity contribution in [2.45, 2.75) is 20.5 Å². The van der Waals surface area contributed by atoms with Gasteiger partial charge in [-0.25, -0.2) is 9.18 Å². The van der Waals surface area contributed by atoms with Crippen molar-refractivity contribution in [3.63, 3.8) is 0 Å². The zero-order valence-electron chi connectivity index (χ0n) is 17.6. The number of hydrogen-bond donors (Lipinski definition) is 1. The van der Waals surface area contributed by atoms with E-state index in [0.29, 0.717) is 18.0 Å². The maximum atomic E-state index is 13.2. The van der Waals surface area contributed by atoms with Gasteiger partial charge in [-0.1, -0.05) is 35.4 Å². The Bertz CT molecular complexity index is 1300. The molecule has 1 heterocycles. The summed E-state index contributed by atoms with van der Waals surface area (Å²) in [6.07, 6.45) is 0. The fourth-order valence-electron chi connectivity index (χ4n) is 3.62. The molecule has 0 bridgehead atoms. The molecule has 32 heavy (non-hydrogen) atoms. The summed E-state index contributed by atoms with van der Waals surface area (Å²) < 4.78 is 21.3. The van der Waals surface area contributed by atoms with E-state index in [1.165, 1.54) is 12.1 Å². The number of nitrogens with zero attached hydrogens (tertiary/aromatic N) is 1. The maximum absolute atomic E-state index is 13.2. The molecule has 4 rings (SSSR count). The first-order valence-electron chi connectivity index (χ1n) is 10.0. The summed E-state index contributed by atoms with van der Waals surface area (Å²) in [4.78, 5) is 11.6. The SMILES string of the molecule is Cc1ccc(OCc2ccc(F)cc2)c(-c2ccc(C)n2-c2ccc(Cl)c(C(=O)O)c2)c1. The zero-order chi connectivity index (χ0) is 22.8. The van der Waals surface area contributed by atoms with E-state index < -0.39 is 5.97 Å². The van der Waals surface area contributed by atoms with Gasteiger partial charge in [0.25, 0.3) is 0 Å². The minimum Gasteiger partial charge on any atom is -0.488 e. The fourth-order valence-corrected chi connectivity index (χ4v) is 3.82. The van der Waals surface area contributed by atoms with E-state index in [2.05, 4.69) is 0 Å². The highest BCUT2D eigenvalue weighted by Crippen LogP contribution is 2.35. The third-order valence-electron chi connectivity index (χ3n) is 5.23. The van der Waals surface area contributed by atoms with Crippen LogP contribution in [-0.2, 0) is 6.61 Å². The third-order valence-corrected chi connectivity index (χ3v) is 5.56. The zero-order valence-corrected chi connectivity index (χ0v) is 18.4. The number of benzene rings is 3. The van der Waals surface area contributed by atoms with E-state index in [9.17, 15) is 14.3 Å². The average Bonchev–Trinajstić information content (AvgIpc) is 3.15. The van der Waals surface area contributed by atoms with Crippen LogP contribution in [0.2, 0.25) is 5.02 Å². The Balaban J connectivity index is 1.77. The van der Waals surface area contributed by atoms with Gasteiger partial charge >= 0.3 is 5.97 Å². The predicted octanol–water partition coefficient (Wildman–Crippen LogP) is 6.83. The molecule has 0 radical (unpaired) electrons. The molecule has 3 aromatic carbocycles. The molecule has 1 N–H and O–H groups in total. The molecule has 0 saturated heterocycles. The van der Waals surface area contributed by atoms with E-state index >= 15 is 0 Å². The molecule has 1 aromatic heterocycles. The number of halogens is 2. The summed E-state index contributed by atoms with van der Waals surface area (Å²) in [6.45, 7) is 4.24. The first-order chi connectivity index (χ1) is 15.3. The molecule has 4 nitrogen and oxygen atoms in total. The van der Waals surface area contributed by atoms with Crippen molar-refractivity contribution >= 4 is 17.6 Å². The van der Waals surface area contributed by atoms with Gasteiger partial charge in [0.05, 0.1) is 16.3 Å². The highest BCUT2D eigenvalue weighted by molar-refractivity contribution is 6.33. The molecule has 0 fully saturated rings. The molecular formula is C26H21ClFNO3. The Labute approximate surface area is 190 Å². The number of carbonyl (C=O) groups is 1. The topological polar surface area (TPSA) is 51.5 Å². The van der Waals surface area contributed by atoms with Gasteiger partial charge in [-0.3, -0.25) is 0 Å². The standard InChI is InChI=1S/C26H21ClFNO3/c1-16-3-12-25(32-15-18-5-7-19(28)8-6-18)22(13-16)24-11-4-17(2)29(24)20-9-10-23(27)21(14-20)26(30)31/h3-14H,15H2,1-2H3,(H,30,31). The summed E-state index contributed by atoms with van der Waals surface area (Å²) in [5.74, 6) is -0.699. The van der Waals surface area contributed by atoms with Crippen molar-refractivity contribution in [1.82, 2.24) is 4.57 Å². The summed E-state index contributed by atoms with van der Waals surface area (Å²) >= 11 is 6.07. The van der Waals surface area contributed by atoms with Gasteiger partial charge in [0.15, 0.2) is 0 Å². The van der Waals surface area contributed by atoms with Crippen molar-refractivity contribution in [3.05, 3.63) is 106 Å². The minimum absolute atomic E-state index is 0.0419. The molecule has 0 aliphatic carbocycles. The summed E-state index contributed by atoms with van der Waals surface area (Å²) in [7, 11) is 0. The molecular weight excluding hydrogens is 429 g/mol. The lowest BCUT2D eigenvalue weighted by atomic mass is 10.1. The van der Waals surface area contributed by atoms with Crippen LogP contribution in [-0.4, -0.2) is 15.6 Å². The summed E-state index contributed by atoms with van der Waals surface area (Å²) in [5, 5.41) is 9.67. The number of aromatic carboxylic acids is 1. The molecule has 0 spiro atoms. The van der Waals surface area contributed by atoms with Gasteiger partial charge < -0.3 is 14.4 Å². The molecule has 4 aromatic rings. The lowest BCUT2D eigenvalue weighted by Crippen LogP contribution is -2.04. The first kappa shape index (κ1) is 21.7. The van der Waals surface area contributed by atoms with Gasteiger partial charge in [0, 0.05) is 16.9 Å². The Morgan fingerprint density at radius 1 is 1.00 bits per heavy atom. The molecule has 0 amide bonds. The van der Waals surface area contributed by atoms with Crippen molar-refractivity contribution in [2.75, 3.05) is 0 Å². The van der Waals surface area contributed by atoms with Crippen molar-refractivity contribution in [1.29, 1.82) is 0 Å². The fraction of sp³-hybridized carbons (Fsp3) is 0.115. The van der Waals surface area contributed by atoms with Crippen LogP contribution in [0.5, 0.6) is 5.75 Å². The monoisotopic (exact) mass is 449 g/mol. The summed E-state index contributed by atoms with van der Waals surface area (Å²) in [6, 6.07) is 21.0. The van der Waals surface area contributed by atoms with E-state index in [0.717, 1.165) is 28.1 Å². The molecule has 0 aliphatic rings. The molecule has 0 saturated carbocycles. The average molecular weight is 450 g/mol. The van der Waals surface area contributed by atoms with Crippen LogP contribution >= 0.6 is 11.6 Å². The van der Waals surface area contributed by atoms with Crippen molar-refractivity contribution in [3.8, 4) is 22.7 Å². The van der Waals surface area contributed by atoms with Gasteiger partial charge in [-0.05, 0) is 74.0 Å². The summed E-state index contributed by atoms with van der Waals surface area (Å²) in [5.41, 5.74) is 5.31. The largest absolute Gasteiger partial charge is 0.488 e. The number of aryl methyl sites for hydroxylation is 2. The molecule has 0 atom stereocenters. The Kier molecular flexibility index (Phi) is 6.01. The Hall–Kier alpha value is -3.57. The van der Waals surface area contributed by atoms with E-state index in [1.54, 1.807) is 30.3 Å². The quantitative estimate of drug-likeness (QED) is 0.351. The highest BCUT2D eigenvalue weighted by Gasteiger charge is 2.17. The smallest absolute Gasteiger partial charge is 0.337 e. The predicted molar refractivity (Wildman–Crippen MR) is 123 cm³/mol. The van der Waals surface area contributed by atoms with Crippen LogP contribution in [0.15, 0.2) is 72.8 Å². The van der Waals surface area contributed by atoms with Crippen molar-refractivity contribution in [2.24, 2.45) is 0 Å². The number of carboxylic acid groups (broad SMARTS) is 1. The van der Waals surface area contributed by atoms with Crippen LogP contribution in [0.4, 0.5) is 4.39 Å². The van der Waals surface area contributed by atoms with Crippen LogP contribution in [0.25, 0.3) is 16.9 Å². The Morgan fingerprint density at radius 3 is 2.47 bits per heavy atom. The number of carboxylic acids is 1. The first-order valence-corrected chi connectivity index (χ1v) is 10.4. The van der Waals surface area contributed by atoms with Gasteiger partial charge in [0.2, 0.25) is 0 Å². The molecule has 0 aliphatic heterocycles. The van der Waals surface area contributed by atoms with E-state index in [4.69, 9.17) is 16.3 Å². The highest BCUT2D eigenvalue weighted by atomic mass is 35.5. The minimum atomic E-state index is -1.08. The van der Waals surface area contributed by atoms with Crippen LogP contribution < -0.4 is 4.74 Å². The van der Waals surface area contributed by atoms with Gasteiger partial charge in [0.1, 0.15) is 18.2 Å². The second-order valence-electron chi connectivity index (χ2n) is 7.58. The third kappa shape index (κ3) is 4.39. The van der Waals surface area contributed by atoms with Crippen LogP contribution in [0.3, 0.4) is 0 Å². The van der Waals surface area contributed by atoms with Crippen LogP contribution in [0.1, 0.15) is 27.2 Å². The number of aromatic nitrogens is 1. The van der Waals surface area contributed by atoms with E-state index in [1.807, 2.05) is 48.7 Å². The van der Waals surface area contributed by atoms with Crippen LogP contribution in [0, 0.1) is 19.7 Å². The number of hydrogen-bond acceptors (Lipinski definition) is 2. The number of ether oxygens (including phenoxy) is 1.